The van der Waals surface area contributed by atoms with Crippen LogP contribution < -0.4 is 5.32 Å². The van der Waals surface area contributed by atoms with Crippen molar-refractivity contribution < 1.29 is 23.5 Å². The Labute approximate surface area is 122 Å². The molecule has 21 heavy (non-hydrogen) atoms. The minimum absolute atomic E-state index is 0.0112. The Kier molecular flexibility index (Phi) is 5.81. The van der Waals surface area contributed by atoms with Gasteiger partial charge < -0.3 is 10.4 Å². The van der Waals surface area contributed by atoms with E-state index < -0.39 is 29.0 Å². The molecular weight excluding hydrogens is 280 g/mol. The summed E-state index contributed by atoms with van der Waals surface area (Å²) in [4.78, 5) is 23.0. The highest BCUT2D eigenvalue weighted by Crippen LogP contribution is 2.15. The molecule has 0 aromatic heterocycles. The molecule has 0 aliphatic rings. The first-order valence-corrected chi connectivity index (χ1v) is 6.77. The molecule has 0 saturated heterocycles. The number of nitrogens with one attached hydrogen (secondary N) is 1. The van der Waals surface area contributed by atoms with Crippen LogP contribution in [0.2, 0.25) is 0 Å². The van der Waals surface area contributed by atoms with Gasteiger partial charge in [0.2, 0.25) is 5.91 Å². The van der Waals surface area contributed by atoms with Crippen LogP contribution in [0.3, 0.4) is 0 Å². The van der Waals surface area contributed by atoms with Crippen LogP contribution in [0.4, 0.5) is 8.78 Å². The topological polar surface area (TPSA) is 66.4 Å². The van der Waals surface area contributed by atoms with Crippen LogP contribution in [0.1, 0.15) is 38.7 Å². The van der Waals surface area contributed by atoms with Crippen LogP contribution in [-0.4, -0.2) is 22.5 Å². The maximum atomic E-state index is 13.4. The lowest BCUT2D eigenvalue weighted by Crippen LogP contribution is -2.52. The van der Waals surface area contributed by atoms with Crippen molar-refractivity contribution in [3.05, 3.63) is 35.4 Å². The summed E-state index contributed by atoms with van der Waals surface area (Å²) in [7, 11) is 0. The molecule has 1 aromatic rings. The van der Waals surface area contributed by atoms with Gasteiger partial charge in [-0.2, -0.15) is 0 Å². The van der Waals surface area contributed by atoms with Crippen molar-refractivity contribution in [3.63, 3.8) is 0 Å². The van der Waals surface area contributed by atoms with E-state index in [1.807, 2.05) is 6.92 Å². The first-order chi connectivity index (χ1) is 9.80. The number of aryl methyl sites for hydroxylation is 1. The molecule has 6 heteroatoms. The SMILES string of the molecule is CCCC(C)(NC(=O)CCc1cccc(F)c1F)C(=O)O. The zero-order chi connectivity index (χ0) is 16.0. The van der Waals surface area contributed by atoms with Gasteiger partial charge in [-0.15, -0.1) is 0 Å². The summed E-state index contributed by atoms with van der Waals surface area (Å²) in [6, 6.07) is 3.76. The predicted molar refractivity (Wildman–Crippen MR) is 73.8 cm³/mol. The largest absolute Gasteiger partial charge is 0.480 e. The Bertz CT molecular complexity index is 534. The lowest BCUT2D eigenvalue weighted by molar-refractivity contribution is -0.147. The molecule has 1 amide bonds. The number of carbonyl (C=O) groups excluding carboxylic acids is 1. The Morgan fingerprint density at radius 2 is 2.00 bits per heavy atom. The van der Waals surface area contributed by atoms with E-state index in [0.29, 0.717) is 12.8 Å². The average molecular weight is 299 g/mol. The number of carbonyl (C=O) groups is 2. The number of benzene rings is 1. The lowest BCUT2D eigenvalue weighted by Gasteiger charge is -2.25. The maximum Gasteiger partial charge on any atom is 0.329 e. The fourth-order valence-corrected chi connectivity index (χ4v) is 2.08. The van der Waals surface area contributed by atoms with Gasteiger partial charge in [-0.3, -0.25) is 4.79 Å². The summed E-state index contributed by atoms with van der Waals surface area (Å²) >= 11 is 0. The molecule has 2 N–H and O–H groups in total. The van der Waals surface area contributed by atoms with E-state index in [9.17, 15) is 18.4 Å². The van der Waals surface area contributed by atoms with E-state index in [2.05, 4.69) is 5.32 Å². The van der Waals surface area contributed by atoms with Crippen molar-refractivity contribution in [3.8, 4) is 0 Å². The van der Waals surface area contributed by atoms with Crippen molar-refractivity contribution in [1.82, 2.24) is 5.32 Å². The second-order valence-electron chi connectivity index (χ2n) is 5.15. The van der Waals surface area contributed by atoms with Crippen molar-refractivity contribution >= 4 is 11.9 Å². The number of carboxylic acid groups (broad SMARTS) is 1. The predicted octanol–water partition coefficient (Wildman–Crippen LogP) is 2.66. The quantitative estimate of drug-likeness (QED) is 0.813. The smallest absolute Gasteiger partial charge is 0.329 e. The fourth-order valence-electron chi connectivity index (χ4n) is 2.08. The minimum Gasteiger partial charge on any atom is -0.480 e. The lowest BCUT2D eigenvalue weighted by atomic mass is 9.96. The first-order valence-electron chi connectivity index (χ1n) is 6.77. The molecule has 1 aromatic carbocycles. The van der Waals surface area contributed by atoms with Crippen LogP contribution in [-0.2, 0) is 16.0 Å². The van der Waals surface area contributed by atoms with Gasteiger partial charge in [-0.1, -0.05) is 25.5 Å². The molecule has 0 aliphatic carbocycles. The Balaban J connectivity index is 2.65. The van der Waals surface area contributed by atoms with Gasteiger partial charge in [0, 0.05) is 6.42 Å². The van der Waals surface area contributed by atoms with E-state index >= 15 is 0 Å². The van der Waals surface area contributed by atoms with Crippen molar-refractivity contribution in [2.75, 3.05) is 0 Å². The third-order valence-corrected chi connectivity index (χ3v) is 3.29. The normalized spacial score (nSPS) is 13.5. The average Bonchev–Trinajstić information content (AvgIpc) is 2.40. The van der Waals surface area contributed by atoms with E-state index in [0.717, 1.165) is 6.07 Å². The number of amides is 1. The van der Waals surface area contributed by atoms with Crippen LogP contribution in [0.5, 0.6) is 0 Å². The van der Waals surface area contributed by atoms with Gasteiger partial charge in [0.15, 0.2) is 11.6 Å². The van der Waals surface area contributed by atoms with Gasteiger partial charge >= 0.3 is 5.97 Å². The van der Waals surface area contributed by atoms with Crippen LogP contribution in [0.25, 0.3) is 0 Å². The summed E-state index contributed by atoms with van der Waals surface area (Å²) < 4.78 is 26.5. The van der Waals surface area contributed by atoms with E-state index in [4.69, 9.17) is 5.11 Å². The molecule has 0 aliphatic heterocycles. The molecule has 116 valence electrons. The second kappa shape index (κ2) is 7.15. The second-order valence-corrected chi connectivity index (χ2v) is 5.15. The summed E-state index contributed by atoms with van der Waals surface area (Å²) in [5.74, 6) is -3.55. The summed E-state index contributed by atoms with van der Waals surface area (Å²) in [6.07, 6.45) is 0.800. The third kappa shape index (κ3) is 4.51. The molecule has 4 nitrogen and oxygen atoms in total. The number of halogens is 2. The van der Waals surface area contributed by atoms with Gasteiger partial charge in [0.05, 0.1) is 0 Å². The van der Waals surface area contributed by atoms with E-state index in [-0.39, 0.29) is 18.4 Å². The van der Waals surface area contributed by atoms with Crippen LogP contribution >= 0.6 is 0 Å². The van der Waals surface area contributed by atoms with Gasteiger partial charge in [0.25, 0.3) is 0 Å². The highest BCUT2D eigenvalue weighted by Gasteiger charge is 2.33. The zero-order valence-corrected chi connectivity index (χ0v) is 12.1. The standard InChI is InChI=1S/C15H19F2NO3/c1-3-9-15(2,14(20)21)18-12(19)8-7-10-5-4-6-11(16)13(10)17/h4-6H,3,7-9H2,1-2H3,(H,18,19)(H,20,21). The van der Waals surface area contributed by atoms with Crippen molar-refractivity contribution in [2.45, 2.75) is 45.1 Å². The van der Waals surface area contributed by atoms with Crippen LogP contribution in [0, 0.1) is 11.6 Å². The number of aliphatic carboxylic acids is 1. The van der Waals surface area contributed by atoms with Crippen molar-refractivity contribution in [2.24, 2.45) is 0 Å². The maximum absolute atomic E-state index is 13.4. The van der Waals surface area contributed by atoms with Crippen molar-refractivity contribution in [1.29, 1.82) is 0 Å². The molecule has 1 rings (SSSR count). The zero-order valence-electron chi connectivity index (χ0n) is 12.1. The Morgan fingerprint density at radius 1 is 1.33 bits per heavy atom. The Morgan fingerprint density at radius 3 is 2.57 bits per heavy atom. The monoisotopic (exact) mass is 299 g/mol. The highest BCUT2D eigenvalue weighted by molar-refractivity contribution is 5.86. The molecule has 0 radical (unpaired) electrons. The highest BCUT2D eigenvalue weighted by atomic mass is 19.2. The molecular formula is C15H19F2NO3. The minimum atomic E-state index is -1.34. The van der Waals surface area contributed by atoms with E-state index in [1.165, 1.54) is 19.1 Å². The Hall–Kier alpha value is -1.98. The number of hydrogen-bond donors (Lipinski definition) is 2. The molecule has 1 unspecified atom stereocenters. The fraction of sp³-hybridized carbons (Fsp3) is 0.467. The molecule has 0 spiro atoms. The van der Waals surface area contributed by atoms with Crippen LogP contribution in [0.15, 0.2) is 18.2 Å². The molecule has 1 atom stereocenters. The third-order valence-electron chi connectivity index (χ3n) is 3.29. The van der Waals surface area contributed by atoms with E-state index in [1.54, 1.807) is 0 Å². The summed E-state index contributed by atoms with van der Waals surface area (Å²) in [6.45, 7) is 3.25. The van der Waals surface area contributed by atoms with Gasteiger partial charge in [-0.05, 0) is 31.4 Å². The molecule has 0 heterocycles. The number of rotatable bonds is 7. The molecule has 0 fully saturated rings. The molecule has 0 saturated carbocycles. The summed E-state index contributed by atoms with van der Waals surface area (Å²) in [5.41, 5.74) is -1.25. The van der Waals surface area contributed by atoms with Gasteiger partial charge in [-0.25, -0.2) is 13.6 Å². The number of hydrogen-bond acceptors (Lipinski definition) is 2. The number of carboxylic acids is 1. The summed E-state index contributed by atoms with van der Waals surface area (Å²) in [5, 5.41) is 11.6. The first kappa shape index (κ1) is 17.1. The van der Waals surface area contributed by atoms with Gasteiger partial charge in [0.1, 0.15) is 5.54 Å². The molecule has 0 bridgehead atoms.